The Morgan fingerprint density at radius 2 is 2.17 bits per heavy atom. The molecule has 0 unspecified atom stereocenters. The maximum atomic E-state index is 11.0. The lowest BCUT2D eigenvalue weighted by Crippen LogP contribution is -2.34. The Morgan fingerprint density at radius 3 is 2.72 bits per heavy atom. The van der Waals surface area contributed by atoms with Crippen LogP contribution >= 0.6 is 0 Å². The molecule has 1 amide bonds. The van der Waals surface area contributed by atoms with E-state index in [1.807, 2.05) is 18.7 Å². The smallest absolute Gasteiger partial charge is 0.236 e. The summed E-state index contributed by atoms with van der Waals surface area (Å²) in [7, 11) is 0. The van der Waals surface area contributed by atoms with Gasteiger partial charge in [-0.15, -0.1) is 0 Å². The van der Waals surface area contributed by atoms with Crippen molar-refractivity contribution in [2.75, 3.05) is 29.9 Å². The van der Waals surface area contributed by atoms with Gasteiger partial charge in [0.15, 0.2) is 0 Å². The molecule has 1 heterocycles. The molecule has 1 aromatic heterocycles. The third-order valence-corrected chi connectivity index (χ3v) is 2.63. The van der Waals surface area contributed by atoms with Gasteiger partial charge in [-0.2, -0.15) is 0 Å². The molecule has 0 aliphatic heterocycles. The molecular formula is C12H21N5O. The number of primary amides is 1. The van der Waals surface area contributed by atoms with Gasteiger partial charge in [0, 0.05) is 18.7 Å². The third kappa shape index (κ3) is 3.58. The van der Waals surface area contributed by atoms with Gasteiger partial charge in [0.2, 0.25) is 5.91 Å². The van der Waals surface area contributed by atoms with Crippen LogP contribution < -0.4 is 16.0 Å². The summed E-state index contributed by atoms with van der Waals surface area (Å²) in [6, 6.07) is 0. The van der Waals surface area contributed by atoms with Crippen molar-refractivity contribution < 1.29 is 4.79 Å². The Hall–Kier alpha value is -1.85. The molecule has 0 aromatic carbocycles. The van der Waals surface area contributed by atoms with Crippen LogP contribution in [0.1, 0.15) is 25.8 Å². The number of carbonyl (C=O) groups excluding carboxylic acids is 1. The Balaban J connectivity index is 2.96. The fourth-order valence-corrected chi connectivity index (χ4v) is 1.71. The molecule has 6 nitrogen and oxygen atoms in total. The maximum Gasteiger partial charge on any atom is 0.236 e. The molecule has 1 rings (SSSR count). The number of rotatable bonds is 7. The van der Waals surface area contributed by atoms with Crippen LogP contribution in [-0.4, -0.2) is 35.5 Å². The topological polar surface area (TPSA) is 84.1 Å². The average Bonchev–Trinajstić information content (AvgIpc) is 2.35. The quantitative estimate of drug-likeness (QED) is 0.752. The number of carbonyl (C=O) groups is 1. The summed E-state index contributed by atoms with van der Waals surface area (Å²) in [4.78, 5) is 21.3. The highest BCUT2D eigenvalue weighted by atomic mass is 16.1. The first kappa shape index (κ1) is 14.2. The highest BCUT2D eigenvalue weighted by Crippen LogP contribution is 2.21. The van der Waals surface area contributed by atoms with Gasteiger partial charge in [-0.05, 0) is 20.3 Å². The van der Waals surface area contributed by atoms with Crippen LogP contribution in [0.5, 0.6) is 0 Å². The predicted octanol–water partition coefficient (Wildman–Crippen LogP) is 0.919. The first-order valence-electron chi connectivity index (χ1n) is 6.18. The molecule has 0 fully saturated rings. The van der Waals surface area contributed by atoms with Crippen LogP contribution in [0.3, 0.4) is 0 Å². The molecule has 0 aliphatic carbocycles. The summed E-state index contributed by atoms with van der Waals surface area (Å²) in [6.45, 7) is 7.70. The molecular weight excluding hydrogens is 230 g/mol. The van der Waals surface area contributed by atoms with Gasteiger partial charge in [0.05, 0.1) is 6.54 Å². The summed E-state index contributed by atoms with van der Waals surface area (Å²) >= 11 is 0. The number of hydrogen-bond acceptors (Lipinski definition) is 5. The fraction of sp³-hybridized carbons (Fsp3) is 0.583. The largest absolute Gasteiger partial charge is 0.370 e. The van der Waals surface area contributed by atoms with Crippen molar-refractivity contribution >= 4 is 17.5 Å². The zero-order valence-electron chi connectivity index (χ0n) is 11.2. The molecule has 0 radical (unpaired) electrons. The van der Waals surface area contributed by atoms with Crippen LogP contribution in [-0.2, 0) is 4.79 Å². The number of nitrogens with one attached hydrogen (secondary N) is 1. The molecule has 3 N–H and O–H groups in total. The van der Waals surface area contributed by atoms with Crippen molar-refractivity contribution in [3.05, 3.63) is 11.9 Å². The highest BCUT2D eigenvalue weighted by Gasteiger charge is 2.14. The van der Waals surface area contributed by atoms with Crippen molar-refractivity contribution in [2.45, 2.75) is 27.2 Å². The van der Waals surface area contributed by atoms with Crippen molar-refractivity contribution in [1.29, 1.82) is 0 Å². The second-order valence-electron chi connectivity index (χ2n) is 4.08. The molecule has 0 saturated heterocycles. The summed E-state index contributed by atoms with van der Waals surface area (Å²) in [6.07, 6.45) is 2.53. The SMILES string of the molecule is CCCNc1ncnc(N(CC)CC(N)=O)c1C. The summed E-state index contributed by atoms with van der Waals surface area (Å²) in [5, 5.41) is 3.24. The van der Waals surface area contributed by atoms with E-state index in [1.54, 1.807) is 0 Å². The van der Waals surface area contributed by atoms with Crippen LogP contribution in [0.2, 0.25) is 0 Å². The number of nitrogens with zero attached hydrogens (tertiary/aromatic N) is 3. The summed E-state index contributed by atoms with van der Waals surface area (Å²) in [5.41, 5.74) is 6.17. The van der Waals surface area contributed by atoms with Crippen LogP contribution in [0.15, 0.2) is 6.33 Å². The zero-order chi connectivity index (χ0) is 13.5. The van der Waals surface area contributed by atoms with E-state index < -0.39 is 0 Å². The molecule has 0 spiro atoms. The van der Waals surface area contributed by atoms with E-state index in [2.05, 4.69) is 22.2 Å². The first-order valence-corrected chi connectivity index (χ1v) is 6.18. The molecule has 0 atom stereocenters. The van der Waals surface area contributed by atoms with Crippen molar-refractivity contribution in [1.82, 2.24) is 9.97 Å². The Labute approximate surface area is 108 Å². The number of aromatic nitrogens is 2. The zero-order valence-corrected chi connectivity index (χ0v) is 11.2. The molecule has 18 heavy (non-hydrogen) atoms. The summed E-state index contributed by atoms with van der Waals surface area (Å²) in [5.74, 6) is 1.20. The number of nitrogens with two attached hydrogens (primary N) is 1. The molecule has 0 bridgehead atoms. The van der Waals surface area contributed by atoms with Crippen LogP contribution in [0.4, 0.5) is 11.6 Å². The average molecular weight is 251 g/mol. The number of hydrogen-bond donors (Lipinski definition) is 2. The monoisotopic (exact) mass is 251 g/mol. The molecule has 6 heteroatoms. The molecule has 0 aliphatic rings. The van der Waals surface area contributed by atoms with E-state index >= 15 is 0 Å². The Morgan fingerprint density at radius 1 is 1.44 bits per heavy atom. The minimum atomic E-state index is -0.363. The number of anilines is 2. The second-order valence-corrected chi connectivity index (χ2v) is 4.08. The van der Waals surface area contributed by atoms with Gasteiger partial charge < -0.3 is 16.0 Å². The lowest BCUT2D eigenvalue weighted by molar-refractivity contribution is -0.116. The third-order valence-electron chi connectivity index (χ3n) is 2.63. The van der Waals surface area contributed by atoms with Crippen molar-refractivity contribution in [3.63, 3.8) is 0 Å². The second kappa shape index (κ2) is 6.78. The molecule has 0 saturated carbocycles. The van der Waals surface area contributed by atoms with E-state index in [9.17, 15) is 4.79 Å². The van der Waals surface area contributed by atoms with Crippen molar-refractivity contribution in [3.8, 4) is 0 Å². The van der Waals surface area contributed by atoms with Crippen molar-refractivity contribution in [2.24, 2.45) is 5.73 Å². The van der Waals surface area contributed by atoms with Gasteiger partial charge in [0.25, 0.3) is 0 Å². The molecule has 1 aromatic rings. The van der Waals surface area contributed by atoms with Crippen LogP contribution in [0.25, 0.3) is 0 Å². The normalized spacial score (nSPS) is 10.2. The highest BCUT2D eigenvalue weighted by molar-refractivity contribution is 5.79. The van der Waals surface area contributed by atoms with Gasteiger partial charge in [0.1, 0.15) is 18.0 Å². The van der Waals surface area contributed by atoms with Gasteiger partial charge in [-0.25, -0.2) is 9.97 Å². The number of likely N-dealkylation sites (N-methyl/N-ethyl adjacent to an activating group) is 1. The lowest BCUT2D eigenvalue weighted by atomic mass is 10.2. The fourth-order valence-electron chi connectivity index (χ4n) is 1.71. The minimum absolute atomic E-state index is 0.168. The van der Waals surface area contributed by atoms with E-state index in [1.165, 1.54) is 6.33 Å². The van der Waals surface area contributed by atoms with E-state index in [0.29, 0.717) is 6.54 Å². The minimum Gasteiger partial charge on any atom is -0.370 e. The van der Waals surface area contributed by atoms with Gasteiger partial charge in [-0.1, -0.05) is 6.92 Å². The predicted molar refractivity (Wildman–Crippen MR) is 72.6 cm³/mol. The van der Waals surface area contributed by atoms with E-state index in [4.69, 9.17) is 5.73 Å². The Kier molecular flexibility index (Phi) is 5.35. The number of amides is 1. The van der Waals surface area contributed by atoms with Gasteiger partial charge >= 0.3 is 0 Å². The summed E-state index contributed by atoms with van der Waals surface area (Å²) < 4.78 is 0. The van der Waals surface area contributed by atoms with E-state index in [-0.39, 0.29) is 12.5 Å². The lowest BCUT2D eigenvalue weighted by Gasteiger charge is -2.22. The van der Waals surface area contributed by atoms with Crippen LogP contribution in [0, 0.1) is 6.92 Å². The molecule has 100 valence electrons. The van der Waals surface area contributed by atoms with E-state index in [0.717, 1.165) is 30.2 Å². The standard InChI is InChI=1S/C12H21N5O/c1-4-6-14-11-9(3)12(16-8-15-11)17(5-2)7-10(13)18/h8H,4-7H2,1-3H3,(H2,13,18)(H,14,15,16). The maximum absolute atomic E-state index is 11.0. The van der Waals surface area contributed by atoms with Gasteiger partial charge in [-0.3, -0.25) is 4.79 Å². The first-order chi connectivity index (χ1) is 8.60. The Bertz CT molecular complexity index is 407.